The van der Waals surface area contributed by atoms with Crippen LogP contribution in [0.3, 0.4) is 0 Å². The van der Waals surface area contributed by atoms with Crippen molar-refractivity contribution in [2.75, 3.05) is 0 Å². The number of aromatic nitrogens is 1. The van der Waals surface area contributed by atoms with E-state index >= 15 is 0 Å². The first-order valence-electron chi connectivity index (χ1n) is 9.18. The quantitative estimate of drug-likeness (QED) is 0.269. The number of fused-ring (bicyclic) bond motifs is 3. The van der Waals surface area contributed by atoms with Gasteiger partial charge in [0.2, 0.25) is 5.13 Å². The fraction of sp³-hybridized carbons (Fsp3) is 0.200. The molecule has 1 unspecified atom stereocenters. The zero-order valence-electron chi connectivity index (χ0n) is 15.8. The highest BCUT2D eigenvalue weighted by atomic mass is 35.5. The van der Waals surface area contributed by atoms with Crippen molar-refractivity contribution in [1.29, 1.82) is 0 Å². The number of thiazole rings is 1. The molecule has 158 valence electrons. The molecule has 4 rings (SSSR count). The van der Waals surface area contributed by atoms with Crippen LogP contribution in [0.1, 0.15) is 16.0 Å². The molecule has 0 bridgehead atoms. The Balaban J connectivity index is 1.61. The molecule has 8 nitrogen and oxygen atoms in total. The highest BCUT2D eigenvalue weighted by Gasteiger charge is 2.25. The Bertz CT molecular complexity index is 1230. The van der Waals surface area contributed by atoms with Gasteiger partial charge in [-0.25, -0.2) is 9.78 Å². The van der Waals surface area contributed by atoms with Crippen molar-refractivity contribution >= 4 is 51.3 Å². The number of aliphatic carboxylic acids is 1. The van der Waals surface area contributed by atoms with Crippen LogP contribution in [0, 0.1) is 10.1 Å². The molecule has 0 saturated heterocycles. The van der Waals surface area contributed by atoms with Gasteiger partial charge in [0, 0.05) is 28.5 Å². The summed E-state index contributed by atoms with van der Waals surface area (Å²) in [6.45, 7) is 0. The Labute approximate surface area is 190 Å². The molecule has 1 atom stereocenters. The summed E-state index contributed by atoms with van der Waals surface area (Å²) in [4.78, 5) is 27.8. The maximum Gasteiger partial charge on any atom is 0.330 e. The van der Waals surface area contributed by atoms with Gasteiger partial charge >= 0.3 is 5.97 Å². The highest BCUT2D eigenvalue weighted by molar-refractivity contribution is 7.15. The summed E-state index contributed by atoms with van der Waals surface area (Å²) >= 11 is 13.8. The van der Waals surface area contributed by atoms with E-state index in [4.69, 9.17) is 23.2 Å². The van der Waals surface area contributed by atoms with Crippen molar-refractivity contribution in [1.82, 2.24) is 4.98 Å². The number of carboxylic acids is 1. The number of aryl methyl sites for hydroxylation is 1. The van der Waals surface area contributed by atoms with Crippen LogP contribution < -0.4 is 0 Å². The molecule has 3 aromatic rings. The largest absolute Gasteiger partial charge is 0.480 e. The molecule has 0 saturated carbocycles. The third-order valence-corrected chi connectivity index (χ3v) is 6.75. The minimum Gasteiger partial charge on any atom is -0.480 e. The molecule has 11 heteroatoms. The number of carboxylic acid groups (broad SMARTS) is 1. The average molecular weight is 477 g/mol. The molecule has 0 aliphatic heterocycles. The van der Waals surface area contributed by atoms with E-state index in [9.17, 15) is 20.0 Å². The van der Waals surface area contributed by atoms with Gasteiger partial charge < -0.3 is 5.11 Å². The number of nitro benzene ring substituents is 1. The van der Waals surface area contributed by atoms with Crippen molar-refractivity contribution in [2.45, 2.75) is 25.3 Å². The fourth-order valence-electron chi connectivity index (χ4n) is 3.43. The second-order valence-corrected chi connectivity index (χ2v) is 8.66. The number of benzene rings is 2. The van der Waals surface area contributed by atoms with Gasteiger partial charge in [-0.05, 0) is 24.5 Å². The summed E-state index contributed by atoms with van der Waals surface area (Å²) in [6.07, 6.45) is 1.28. The van der Waals surface area contributed by atoms with Crippen LogP contribution in [0.15, 0.2) is 46.6 Å². The van der Waals surface area contributed by atoms with Crippen molar-refractivity contribution < 1.29 is 14.8 Å². The second-order valence-electron chi connectivity index (χ2n) is 6.82. The average Bonchev–Trinajstić information content (AvgIpc) is 3.17. The van der Waals surface area contributed by atoms with Gasteiger partial charge in [-0.15, -0.1) is 5.11 Å². The molecule has 31 heavy (non-hydrogen) atoms. The van der Waals surface area contributed by atoms with E-state index in [0.29, 0.717) is 21.6 Å². The normalized spacial score (nSPS) is 13.6. The third-order valence-electron chi connectivity index (χ3n) is 4.91. The molecule has 2 aromatic carbocycles. The number of para-hydroxylation sites is 1. The van der Waals surface area contributed by atoms with Gasteiger partial charge in [-0.3, -0.25) is 10.1 Å². The van der Waals surface area contributed by atoms with Crippen molar-refractivity contribution in [2.24, 2.45) is 10.2 Å². The van der Waals surface area contributed by atoms with Gasteiger partial charge in [-0.1, -0.05) is 58.8 Å². The first-order valence-corrected chi connectivity index (χ1v) is 10.7. The van der Waals surface area contributed by atoms with Gasteiger partial charge in [0.1, 0.15) is 0 Å². The number of azo groups is 1. The molecule has 0 spiro atoms. The predicted molar refractivity (Wildman–Crippen MR) is 118 cm³/mol. The second kappa shape index (κ2) is 8.70. The minimum absolute atomic E-state index is 0.152. The van der Waals surface area contributed by atoms with Crippen molar-refractivity contribution in [3.05, 3.63) is 72.6 Å². The Kier molecular flexibility index (Phi) is 5.99. The summed E-state index contributed by atoms with van der Waals surface area (Å²) in [5.74, 6) is -1.23. The zero-order valence-corrected chi connectivity index (χ0v) is 18.1. The van der Waals surface area contributed by atoms with Crippen LogP contribution in [0.5, 0.6) is 0 Å². The molecular formula is C20H14Cl2N4O4S. The smallest absolute Gasteiger partial charge is 0.330 e. The SMILES string of the molecule is O=C(O)C(Cc1ccccc1[N+](=O)[O-])N=Nc1nc2c(s1)CCc1c-2ccc(Cl)c1Cl. The molecule has 1 heterocycles. The summed E-state index contributed by atoms with van der Waals surface area (Å²) < 4.78 is 0. The topological polar surface area (TPSA) is 118 Å². The van der Waals surface area contributed by atoms with E-state index in [1.54, 1.807) is 12.1 Å². The van der Waals surface area contributed by atoms with Gasteiger partial charge in [0.05, 0.1) is 20.7 Å². The van der Waals surface area contributed by atoms with Crippen molar-refractivity contribution in [3.8, 4) is 11.3 Å². The van der Waals surface area contributed by atoms with E-state index in [1.807, 2.05) is 6.07 Å². The van der Waals surface area contributed by atoms with E-state index in [1.165, 1.54) is 29.5 Å². The maximum absolute atomic E-state index is 11.7. The molecule has 0 amide bonds. The van der Waals surface area contributed by atoms with Gasteiger partial charge in [0.25, 0.3) is 5.69 Å². The Morgan fingerprint density at radius 1 is 1.26 bits per heavy atom. The molecule has 0 fully saturated rings. The van der Waals surface area contributed by atoms with E-state index in [-0.39, 0.29) is 17.7 Å². The maximum atomic E-state index is 11.7. The standard InChI is InChI=1S/C20H14Cl2N4O4S/c21-13-7-5-12-11(17(13)22)6-8-16-18(12)23-20(31-16)25-24-14(19(27)28)9-10-3-1-2-4-15(10)26(29)30/h1-5,7,14H,6,8-9H2,(H,27,28). The number of carbonyl (C=O) groups is 1. The monoisotopic (exact) mass is 476 g/mol. The molecule has 1 aliphatic carbocycles. The number of hydrogen-bond acceptors (Lipinski definition) is 7. The van der Waals surface area contributed by atoms with Crippen molar-refractivity contribution in [3.63, 3.8) is 0 Å². The Morgan fingerprint density at radius 2 is 2.03 bits per heavy atom. The van der Waals surface area contributed by atoms with Gasteiger partial charge in [-0.2, -0.15) is 5.11 Å². The summed E-state index contributed by atoms with van der Waals surface area (Å²) in [5, 5.41) is 30.0. The lowest BCUT2D eigenvalue weighted by molar-refractivity contribution is -0.385. The van der Waals surface area contributed by atoms with Crippen LogP contribution in [-0.2, 0) is 24.1 Å². The molecule has 1 aromatic heterocycles. The van der Waals surface area contributed by atoms with Crippen LogP contribution in [0.2, 0.25) is 10.0 Å². The first kappa shape index (κ1) is 21.4. The van der Waals surface area contributed by atoms with Gasteiger partial charge in [0.15, 0.2) is 6.04 Å². The minimum atomic E-state index is -1.28. The lowest BCUT2D eigenvalue weighted by Gasteiger charge is -2.16. The fourth-order valence-corrected chi connectivity index (χ4v) is 4.76. The lowest BCUT2D eigenvalue weighted by atomic mass is 9.93. The summed E-state index contributed by atoms with van der Waals surface area (Å²) in [6, 6.07) is 8.27. The Morgan fingerprint density at radius 3 is 2.77 bits per heavy atom. The number of hydrogen-bond donors (Lipinski definition) is 1. The van der Waals surface area contributed by atoms with Crippen LogP contribution in [-0.4, -0.2) is 27.0 Å². The van der Waals surface area contributed by atoms with E-state index in [0.717, 1.165) is 28.1 Å². The molecule has 0 radical (unpaired) electrons. The lowest BCUT2D eigenvalue weighted by Crippen LogP contribution is -2.20. The van der Waals surface area contributed by atoms with Crippen LogP contribution in [0.4, 0.5) is 10.8 Å². The summed E-state index contributed by atoms with van der Waals surface area (Å²) in [7, 11) is 0. The van der Waals surface area contributed by atoms with Crippen LogP contribution in [0.25, 0.3) is 11.3 Å². The predicted octanol–water partition coefficient (Wildman–Crippen LogP) is 5.90. The first-order chi connectivity index (χ1) is 14.8. The third kappa shape index (κ3) is 4.30. The molecule has 1 N–H and O–H groups in total. The molecular weight excluding hydrogens is 463 g/mol. The van der Waals surface area contributed by atoms with E-state index in [2.05, 4.69) is 15.2 Å². The Hall–Kier alpha value is -2.88. The number of rotatable bonds is 6. The summed E-state index contributed by atoms with van der Waals surface area (Å²) in [5.41, 5.74) is 2.67. The highest BCUT2D eigenvalue weighted by Crippen LogP contribution is 2.43. The van der Waals surface area contributed by atoms with E-state index < -0.39 is 16.9 Å². The number of nitrogens with zero attached hydrogens (tertiary/aromatic N) is 4. The molecule has 1 aliphatic rings. The number of nitro groups is 1. The van der Waals surface area contributed by atoms with Crippen LogP contribution >= 0.6 is 34.5 Å². The zero-order chi connectivity index (χ0) is 22.1. The number of halogens is 2.